The molecule has 1 saturated heterocycles. The summed E-state index contributed by atoms with van der Waals surface area (Å²) < 4.78 is 29.6. The van der Waals surface area contributed by atoms with Crippen molar-refractivity contribution in [3.63, 3.8) is 0 Å². The van der Waals surface area contributed by atoms with Gasteiger partial charge in [0.2, 0.25) is 0 Å². The summed E-state index contributed by atoms with van der Waals surface area (Å²) in [6.07, 6.45) is 2.06. The molecule has 1 aliphatic heterocycles. The number of carbonyl (C=O) groups is 2. The number of allylic oxidation sites excluding steroid dienone is 1. The Morgan fingerprint density at radius 3 is 2.61 bits per heavy atom. The van der Waals surface area contributed by atoms with Crippen molar-refractivity contribution in [3.8, 4) is 11.5 Å². The fourth-order valence-corrected chi connectivity index (χ4v) is 2.69. The lowest BCUT2D eigenvalue weighted by Gasteiger charge is -2.26. The summed E-state index contributed by atoms with van der Waals surface area (Å²) in [6.45, 7) is 1.70. The number of methoxy groups -OCH3 is 1. The predicted molar refractivity (Wildman–Crippen MR) is 101 cm³/mol. The van der Waals surface area contributed by atoms with Crippen LogP contribution in [0.15, 0.2) is 48.5 Å². The van der Waals surface area contributed by atoms with Gasteiger partial charge in [-0.2, -0.15) is 0 Å². The molecule has 0 radical (unpaired) electrons. The third kappa shape index (κ3) is 4.75. The van der Waals surface area contributed by atoms with Crippen LogP contribution in [0.2, 0.25) is 0 Å². The van der Waals surface area contributed by atoms with Gasteiger partial charge >= 0.3 is 6.09 Å². The van der Waals surface area contributed by atoms with Crippen molar-refractivity contribution in [1.82, 2.24) is 4.90 Å². The first-order valence-corrected chi connectivity index (χ1v) is 8.78. The molecule has 28 heavy (non-hydrogen) atoms. The van der Waals surface area contributed by atoms with E-state index in [0.29, 0.717) is 32.1 Å². The molecule has 1 aliphatic rings. The summed E-state index contributed by atoms with van der Waals surface area (Å²) in [5, 5.41) is 0. The summed E-state index contributed by atoms with van der Waals surface area (Å²) in [6, 6.07) is 10.7. The molecule has 0 unspecified atom stereocenters. The van der Waals surface area contributed by atoms with E-state index in [0.717, 1.165) is 0 Å². The Morgan fingerprint density at radius 2 is 1.89 bits per heavy atom. The van der Waals surface area contributed by atoms with Crippen LogP contribution in [0, 0.1) is 5.82 Å². The molecule has 3 rings (SSSR count). The number of ether oxygens (including phenoxy) is 3. The Balaban J connectivity index is 1.82. The topological polar surface area (TPSA) is 65.1 Å². The Hall–Kier alpha value is -3.19. The number of halogens is 1. The number of amides is 1. The summed E-state index contributed by atoms with van der Waals surface area (Å²) in [5.41, 5.74) is 0.464. The molecule has 0 N–H and O–H groups in total. The zero-order valence-electron chi connectivity index (χ0n) is 15.4. The Morgan fingerprint density at radius 1 is 1.14 bits per heavy atom. The quantitative estimate of drug-likeness (QED) is 0.582. The SMILES string of the molecule is COc1ccc(C(=O)/C=C/c2ccccc2F)c(OC(=O)N2CCOCC2)c1. The van der Waals surface area contributed by atoms with E-state index in [2.05, 4.69) is 0 Å². The lowest BCUT2D eigenvalue weighted by molar-refractivity contribution is 0.0415. The molecule has 6 nitrogen and oxygen atoms in total. The number of rotatable bonds is 5. The molecule has 1 amide bonds. The number of carbonyl (C=O) groups excluding carboxylic acids is 2. The minimum atomic E-state index is -0.566. The maximum Gasteiger partial charge on any atom is 0.415 e. The molecule has 2 aromatic rings. The molecule has 0 saturated carbocycles. The summed E-state index contributed by atoms with van der Waals surface area (Å²) in [7, 11) is 1.47. The minimum Gasteiger partial charge on any atom is -0.497 e. The van der Waals surface area contributed by atoms with Crippen LogP contribution in [0.25, 0.3) is 6.08 Å². The van der Waals surface area contributed by atoms with E-state index >= 15 is 0 Å². The highest BCUT2D eigenvalue weighted by molar-refractivity contribution is 6.09. The van der Waals surface area contributed by atoms with Crippen LogP contribution < -0.4 is 9.47 Å². The molecule has 0 spiro atoms. The lowest BCUT2D eigenvalue weighted by Crippen LogP contribution is -2.42. The van der Waals surface area contributed by atoms with E-state index in [4.69, 9.17) is 14.2 Å². The Bertz CT molecular complexity index is 890. The van der Waals surface area contributed by atoms with Crippen molar-refractivity contribution >= 4 is 18.0 Å². The largest absolute Gasteiger partial charge is 0.497 e. The monoisotopic (exact) mass is 385 g/mol. The van der Waals surface area contributed by atoms with Gasteiger partial charge in [0, 0.05) is 24.7 Å². The van der Waals surface area contributed by atoms with Crippen LogP contribution in [-0.2, 0) is 4.74 Å². The molecule has 146 valence electrons. The van der Waals surface area contributed by atoms with Gasteiger partial charge < -0.3 is 19.1 Å². The number of morpholine rings is 1. The van der Waals surface area contributed by atoms with Gasteiger partial charge in [0.05, 0.1) is 25.9 Å². The first-order valence-electron chi connectivity index (χ1n) is 8.78. The summed E-state index contributed by atoms with van der Waals surface area (Å²) >= 11 is 0. The highest BCUT2D eigenvalue weighted by atomic mass is 19.1. The number of benzene rings is 2. The van der Waals surface area contributed by atoms with Gasteiger partial charge in [0.15, 0.2) is 5.78 Å². The average molecular weight is 385 g/mol. The van der Waals surface area contributed by atoms with Gasteiger partial charge in [0.1, 0.15) is 17.3 Å². The molecule has 0 atom stereocenters. The third-order valence-electron chi connectivity index (χ3n) is 4.24. The molecule has 0 bridgehead atoms. The standard InChI is InChI=1S/C21H20FNO5/c1-26-16-7-8-17(19(24)9-6-15-4-2-3-5-18(15)22)20(14-16)28-21(25)23-10-12-27-13-11-23/h2-9,14H,10-13H2,1H3/b9-6+. The van der Waals surface area contributed by atoms with Crippen LogP contribution in [0.1, 0.15) is 15.9 Å². The number of nitrogens with zero attached hydrogens (tertiary/aromatic N) is 1. The van der Waals surface area contributed by atoms with Crippen molar-refractivity contribution in [2.24, 2.45) is 0 Å². The van der Waals surface area contributed by atoms with Gasteiger partial charge in [-0.3, -0.25) is 4.79 Å². The van der Waals surface area contributed by atoms with Crippen LogP contribution in [0.3, 0.4) is 0 Å². The van der Waals surface area contributed by atoms with E-state index in [9.17, 15) is 14.0 Å². The van der Waals surface area contributed by atoms with Crippen LogP contribution >= 0.6 is 0 Å². The van der Waals surface area contributed by atoms with Crippen LogP contribution in [0.5, 0.6) is 11.5 Å². The van der Waals surface area contributed by atoms with Crippen molar-refractivity contribution in [1.29, 1.82) is 0 Å². The maximum atomic E-state index is 13.7. The molecule has 7 heteroatoms. The summed E-state index contributed by atoms with van der Waals surface area (Å²) in [5.74, 6) is -0.325. The number of ketones is 1. The molecular formula is C21H20FNO5. The van der Waals surface area contributed by atoms with Crippen molar-refractivity contribution < 1.29 is 28.2 Å². The van der Waals surface area contributed by atoms with Crippen molar-refractivity contribution in [2.75, 3.05) is 33.4 Å². The van der Waals surface area contributed by atoms with E-state index < -0.39 is 17.7 Å². The number of hydrogen-bond donors (Lipinski definition) is 0. The molecule has 1 heterocycles. The van der Waals surface area contributed by atoms with Crippen molar-refractivity contribution in [2.45, 2.75) is 0 Å². The molecular weight excluding hydrogens is 365 g/mol. The second-order valence-electron chi connectivity index (χ2n) is 6.05. The number of hydrogen-bond acceptors (Lipinski definition) is 5. The van der Waals surface area contributed by atoms with Gasteiger partial charge in [-0.15, -0.1) is 0 Å². The highest BCUT2D eigenvalue weighted by Gasteiger charge is 2.21. The van der Waals surface area contributed by atoms with Gasteiger partial charge in [-0.25, -0.2) is 9.18 Å². The Kier molecular flexibility index (Phi) is 6.39. The predicted octanol–water partition coefficient (Wildman–Crippen LogP) is 3.56. The summed E-state index contributed by atoms with van der Waals surface area (Å²) in [4.78, 5) is 26.5. The van der Waals surface area contributed by atoms with E-state index in [1.165, 1.54) is 42.4 Å². The third-order valence-corrected chi connectivity index (χ3v) is 4.24. The zero-order valence-corrected chi connectivity index (χ0v) is 15.4. The van der Waals surface area contributed by atoms with Crippen LogP contribution in [-0.4, -0.2) is 50.2 Å². The highest BCUT2D eigenvalue weighted by Crippen LogP contribution is 2.27. The van der Waals surface area contributed by atoms with Gasteiger partial charge in [-0.1, -0.05) is 18.2 Å². The fraction of sp³-hybridized carbons (Fsp3) is 0.238. The molecule has 0 aliphatic carbocycles. The molecule has 0 aromatic heterocycles. The smallest absolute Gasteiger partial charge is 0.415 e. The van der Waals surface area contributed by atoms with E-state index in [-0.39, 0.29) is 16.9 Å². The fourth-order valence-electron chi connectivity index (χ4n) is 2.69. The lowest BCUT2D eigenvalue weighted by atomic mass is 10.1. The van der Waals surface area contributed by atoms with E-state index in [1.807, 2.05) is 0 Å². The van der Waals surface area contributed by atoms with E-state index in [1.54, 1.807) is 24.3 Å². The van der Waals surface area contributed by atoms with Crippen LogP contribution in [0.4, 0.5) is 9.18 Å². The second-order valence-corrected chi connectivity index (χ2v) is 6.05. The first-order chi connectivity index (χ1) is 13.6. The minimum absolute atomic E-state index is 0.0824. The maximum absolute atomic E-state index is 13.7. The zero-order chi connectivity index (χ0) is 19.9. The molecule has 1 fully saturated rings. The average Bonchev–Trinajstić information content (AvgIpc) is 2.73. The van der Waals surface area contributed by atoms with Crippen molar-refractivity contribution in [3.05, 3.63) is 65.5 Å². The Labute approximate surface area is 162 Å². The normalized spacial score (nSPS) is 14.1. The first kappa shape index (κ1) is 19.6. The van der Waals surface area contributed by atoms with Gasteiger partial charge in [0.25, 0.3) is 0 Å². The second kappa shape index (κ2) is 9.14. The van der Waals surface area contributed by atoms with Gasteiger partial charge in [-0.05, 0) is 30.4 Å². The molecule has 2 aromatic carbocycles.